The number of nitrogens with one attached hydrogen (secondary N) is 2. The largest absolute Gasteiger partial charge is 0.383 e. The number of nitrogen functional groups attached to an aromatic ring is 1. The summed E-state index contributed by atoms with van der Waals surface area (Å²) in [6.45, 7) is 0. The Hall–Kier alpha value is -2.22. The first-order valence-corrected chi connectivity index (χ1v) is 6.22. The van der Waals surface area contributed by atoms with Crippen LogP contribution in [0.2, 0.25) is 0 Å². The Bertz CT molecular complexity index is 572. The highest BCUT2D eigenvalue weighted by Crippen LogP contribution is 2.19. The Balaban J connectivity index is 2.33. The summed E-state index contributed by atoms with van der Waals surface area (Å²) >= 11 is 1.44. The Kier molecular flexibility index (Phi) is 3.68. The fourth-order valence-electron chi connectivity index (χ4n) is 1.28. The van der Waals surface area contributed by atoms with Crippen molar-refractivity contribution >= 4 is 35.4 Å². The minimum absolute atomic E-state index is 0.252. The maximum absolute atomic E-state index is 7.31. The molecule has 0 saturated carbocycles. The molecule has 4 N–H and O–H groups in total. The van der Waals surface area contributed by atoms with Crippen molar-refractivity contribution in [2.45, 2.75) is 5.16 Å². The van der Waals surface area contributed by atoms with Crippen LogP contribution in [0.1, 0.15) is 5.56 Å². The van der Waals surface area contributed by atoms with Crippen molar-refractivity contribution in [2.24, 2.45) is 0 Å². The SMILES string of the molecule is CSc1nccc(Nc2ncnc(N)c2C=N)n1. The third-order valence-electron chi connectivity index (χ3n) is 2.12. The van der Waals surface area contributed by atoms with Crippen LogP contribution < -0.4 is 11.1 Å². The smallest absolute Gasteiger partial charge is 0.189 e. The van der Waals surface area contributed by atoms with Crippen LogP contribution in [0.25, 0.3) is 0 Å². The molecule has 0 spiro atoms. The Morgan fingerprint density at radius 2 is 2.22 bits per heavy atom. The van der Waals surface area contributed by atoms with Gasteiger partial charge >= 0.3 is 0 Å². The van der Waals surface area contributed by atoms with Gasteiger partial charge in [0.1, 0.15) is 23.8 Å². The van der Waals surface area contributed by atoms with E-state index in [2.05, 4.69) is 25.3 Å². The predicted molar refractivity (Wildman–Crippen MR) is 71.4 cm³/mol. The Morgan fingerprint density at radius 3 is 2.94 bits per heavy atom. The quantitative estimate of drug-likeness (QED) is 0.432. The van der Waals surface area contributed by atoms with E-state index in [0.29, 0.717) is 22.4 Å². The van der Waals surface area contributed by atoms with Crippen LogP contribution in [0.15, 0.2) is 23.7 Å². The number of anilines is 3. The molecule has 0 fully saturated rings. The molecular weight excluding hydrogens is 250 g/mol. The second-order valence-electron chi connectivity index (χ2n) is 3.22. The van der Waals surface area contributed by atoms with E-state index in [1.807, 2.05) is 6.26 Å². The van der Waals surface area contributed by atoms with E-state index in [1.165, 1.54) is 18.1 Å². The highest BCUT2D eigenvalue weighted by molar-refractivity contribution is 7.98. The summed E-state index contributed by atoms with van der Waals surface area (Å²) in [6.07, 6.45) is 5.98. The van der Waals surface area contributed by atoms with Gasteiger partial charge in [0.2, 0.25) is 0 Å². The Morgan fingerprint density at radius 1 is 1.39 bits per heavy atom. The molecule has 0 saturated heterocycles. The van der Waals surface area contributed by atoms with Crippen LogP contribution in [0.4, 0.5) is 17.5 Å². The van der Waals surface area contributed by atoms with Crippen LogP contribution in [0, 0.1) is 5.41 Å². The van der Waals surface area contributed by atoms with E-state index in [0.717, 1.165) is 6.21 Å². The van der Waals surface area contributed by atoms with Crippen molar-refractivity contribution in [3.05, 3.63) is 24.2 Å². The van der Waals surface area contributed by atoms with Gasteiger partial charge < -0.3 is 16.5 Å². The molecule has 2 aromatic heterocycles. The summed E-state index contributed by atoms with van der Waals surface area (Å²) in [6, 6.07) is 1.71. The monoisotopic (exact) mass is 261 g/mol. The van der Waals surface area contributed by atoms with Gasteiger partial charge in [-0.15, -0.1) is 0 Å². The van der Waals surface area contributed by atoms with Crippen molar-refractivity contribution in [3.63, 3.8) is 0 Å². The zero-order valence-corrected chi connectivity index (χ0v) is 10.4. The average molecular weight is 261 g/mol. The van der Waals surface area contributed by atoms with Crippen LogP contribution >= 0.6 is 11.8 Å². The van der Waals surface area contributed by atoms with Gasteiger partial charge in [-0.1, -0.05) is 11.8 Å². The summed E-state index contributed by atoms with van der Waals surface area (Å²) in [5.41, 5.74) is 6.09. The van der Waals surface area contributed by atoms with Crippen molar-refractivity contribution in [1.29, 1.82) is 5.41 Å². The molecule has 18 heavy (non-hydrogen) atoms. The van der Waals surface area contributed by atoms with Crippen molar-refractivity contribution in [2.75, 3.05) is 17.3 Å². The fourth-order valence-corrected chi connectivity index (χ4v) is 1.64. The van der Waals surface area contributed by atoms with Crippen LogP contribution in [-0.4, -0.2) is 32.4 Å². The van der Waals surface area contributed by atoms with Gasteiger partial charge in [-0.2, -0.15) is 0 Å². The van der Waals surface area contributed by atoms with E-state index in [1.54, 1.807) is 12.3 Å². The van der Waals surface area contributed by atoms with Crippen molar-refractivity contribution in [1.82, 2.24) is 19.9 Å². The third-order valence-corrected chi connectivity index (χ3v) is 2.68. The molecule has 0 radical (unpaired) electrons. The number of aromatic nitrogens is 4. The molecular formula is C10H11N7S. The molecule has 0 unspecified atom stereocenters. The summed E-state index contributed by atoms with van der Waals surface area (Å²) in [5, 5.41) is 11.0. The van der Waals surface area contributed by atoms with Gasteiger partial charge in [0.05, 0.1) is 5.56 Å². The summed E-state index contributed by atoms with van der Waals surface area (Å²) in [5.74, 6) is 1.29. The standard InChI is InChI=1S/C10H11N7S/c1-18-10-13-3-2-7(17-10)16-9-6(4-11)8(12)14-5-15-9/h2-5,11H,1H3,(H3,12,13,14,15,16,17). The number of hydrogen-bond donors (Lipinski definition) is 3. The minimum Gasteiger partial charge on any atom is -0.383 e. The third kappa shape index (κ3) is 2.54. The molecule has 2 heterocycles. The van der Waals surface area contributed by atoms with E-state index < -0.39 is 0 Å². The van der Waals surface area contributed by atoms with Gasteiger partial charge in [0.15, 0.2) is 5.16 Å². The van der Waals surface area contributed by atoms with E-state index in [-0.39, 0.29) is 5.82 Å². The molecule has 2 aromatic rings. The highest BCUT2D eigenvalue weighted by Gasteiger charge is 2.07. The van der Waals surface area contributed by atoms with Gasteiger partial charge in [0, 0.05) is 12.4 Å². The lowest BCUT2D eigenvalue weighted by atomic mass is 10.3. The zero-order chi connectivity index (χ0) is 13.0. The van der Waals surface area contributed by atoms with Crippen LogP contribution in [0.5, 0.6) is 0 Å². The van der Waals surface area contributed by atoms with Crippen molar-refractivity contribution < 1.29 is 0 Å². The number of nitrogens with zero attached hydrogens (tertiary/aromatic N) is 4. The topological polar surface area (TPSA) is 113 Å². The second kappa shape index (κ2) is 5.41. The Labute approximate surface area is 108 Å². The van der Waals surface area contributed by atoms with E-state index >= 15 is 0 Å². The first kappa shape index (κ1) is 12.2. The first-order chi connectivity index (χ1) is 8.74. The number of hydrogen-bond acceptors (Lipinski definition) is 8. The summed E-state index contributed by atoms with van der Waals surface area (Å²) < 4.78 is 0. The summed E-state index contributed by atoms with van der Waals surface area (Å²) in [7, 11) is 0. The van der Waals surface area contributed by atoms with Gasteiger partial charge in [-0.3, -0.25) is 0 Å². The molecule has 0 amide bonds. The molecule has 0 aliphatic heterocycles. The van der Waals surface area contributed by atoms with Gasteiger partial charge in [0.25, 0.3) is 0 Å². The van der Waals surface area contributed by atoms with Gasteiger partial charge in [-0.25, -0.2) is 19.9 Å². The molecule has 0 atom stereocenters. The lowest BCUT2D eigenvalue weighted by molar-refractivity contribution is 0.973. The van der Waals surface area contributed by atoms with Crippen LogP contribution in [-0.2, 0) is 0 Å². The van der Waals surface area contributed by atoms with Crippen molar-refractivity contribution in [3.8, 4) is 0 Å². The van der Waals surface area contributed by atoms with E-state index in [9.17, 15) is 0 Å². The average Bonchev–Trinajstić information content (AvgIpc) is 2.39. The maximum Gasteiger partial charge on any atom is 0.189 e. The molecule has 7 nitrogen and oxygen atoms in total. The lowest BCUT2D eigenvalue weighted by Gasteiger charge is -2.08. The minimum atomic E-state index is 0.252. The number of rotatable bonds is 4. The first-order valence-electron chi connectivity index (χ1n) is 4.99. The molecule has 0 aromatic carbocycles. The fraction of sp³-hybridized carbons (Fsp3) is 0.100. The molecule has 8 heteroatoms. The maximum atomic E-state index is 7.31. The molecule has 0 aliphatic carbocycles. The second-order valence-corrected chi connectivity index (χ2v) is 3.99. The molecule has 2 rings (SSSR count). The lowest BCUT2D eigenvalue weighted by Crippen LogP contribution is -2.05. The zero-order valence-electron chi connectivity index (χ0n) is 9.58. The number of nitrogens with two attached hydrogens (primary N) is 1. The molecule has 0 aliphatic rings. The van der Waals surface area contributed by atoms with Gasteiger partial charge in [-0.05, 0) is 12.3 Å². The summed E-state index contributed by atoms with van der Waals surface area (Å²) in [4.78, 5) is 16.2. The van der Waals surface area contributed by atoms with Crippen LogP contribution in [0.3, 0.4) is 0 Å². The predicted octanol–water partition coefficient (Wildman–Crippen LogP) is 1.31. The number of thioether (sulfide) groups is 1. The highest BCUT2D eigenvalue weighted by atomic mass is 32.2. The molecule has 92 valence electrons. The normalized spacial score (nSPS) is 10.1. The molecule has 0 bridgehead atoms. The van der Waals surface area contributed by atoms with E-state index in [4.69, 9.17) is 11.1 Å².